The Kier molecular flexibility index (Phi) is 3.01. The van der Waals surface area contributed by atoms with E-state index in [4.69, 9.17) is 16.2 Å². The standard InChI is InChI=1S/C16H22N2O/c1-2-3-6-12-7-4-5-8-13(12)16-10-9-15(17,18)11-14(16)19-16/h4-5,7-10,14H,2-3,6,11,17-18H2,1H3. The molecule has 1 heterocycles. The van der Waals surface area contributed by atoms with Crippen LogP contribution in [0.3, 0.4) is 0 Å². The first-order valence-electron chi connectivity index (χ1n) is 7.12. The maximum Gasteiger partial charge on any atom is 0.138 e. The number of rotatable bonds is 4. The predicted molar refractivity (Wildman–Crippen MR) is 76.5 cm³/mol. The molecule has 2 aliphatic rings. The number of benzene rings is 1. The van der Waals surface area contributed by atoms with Crippen LogP contribution in [0.25, 0.3) is 0 Å². The van der Waals surface area contributed by atoms with Gasteiger partial charge in [-0.3, -0.25) is 0 Å². The number of nitrogens with two attached hydrogens (primary N) is 2. The van der Waals surface area contributed by atoms with E-state index < -0.39 is 5.66 Å². The molecule has 1 saturated heterocycles. The minimum atomic E-state index is -0.719. The molecule has 1 fully saturated rings. The van der Waals surface area contributed by atoms with Crippen LogP contribution in [0.2, 0.25) is 0 Å². The van der Waals surface area contributed by atoms with Crippen molar-refractivity contribution in [3.8, 4) is 0 Å². The molecule has 0 saturated carbocycles. The van der Waals surface area contributed by atoms with Crippen LogP contribution in [0, 0.1) is 0 Å². The molecular weight excluding hydrogens is 236 g/mol. The zero-order valence-electron chi connectivity index (χ0n) is 11.4. The fraction of sp³-hybridized carbons (Fsp3) is 0.500. The average Bonchev–Trinajstić information content (AvgIpc) is 3.09. The Morgan fingerprint density at radius 1 is 1.26 bits per heavy atom. The molecule has 0 aromatic heterocycles. The maximum atomic E-state index is 5.96. The van der Waals surface area contributed by atoms with Gasteiger partial charge in [-0.2, -0.15) is 0 Å². The van der Waals surface area contributed by atoms with E-state index in [-0.39, 0.29) is 11.7 Å². The van der Waals surface area contributed by atoms with Crippen molar-refractivity contribution in [1.82, 2.24) is 0 Å². The van der Waals surface area contributed by atoms with Gasteiger partial charge >= 0.3 is 0 Å². The van der Waals surface area contributed by atoms with Crippen molar-refractivity contribution in [3.05, 3.63) is 47.5 Å². The molecule has 0 spiro atoms. The summed E-state index contributed by atoms with van der Waals surface area (Å²) in [6.45, 7) is 2.22. The first-order valence-corrected chi connectivity index (χ1v) is 7.12. The summed E-state index contributed by atoms with van der Waals surface area (Å²) >= 11 is 0. The molecule has 0 radical (unpaired) electrons. The number of unbranched alkanes of at least 4 members (excludes halogenated alkanes) is 1. The molecule has 1 aromatic rings. The molecule has 0 bridgehead atoms. The van der Waals surface area contributed by atoms with Gasteiger partial charge in [0.25, 0.3) is 0 Å². The average molecular weight is 258 g/mol. The molecule has 19 heavy (non-hydrogen) atoms. The van der Waals surface area contributed by atoms with Gasteiger partial charge in [0.15, 0.2) is 0 Å². The van der Waals surface area contributed by atoms with Crippen LogP contribution in [-0.4, -0.2) is 11.8 Å². The normalized spacial score (nSPS) is 31.0. The molecule has 2 atom stereocenters. The number of epoxide rings is 1. The Labute approximate surface area is 114 Å². The fourth-order valence-corrected chi connectivity index (χ4v) is 3.02. The van der Waals surface area contributed by atoms with E-state index in [9.17, 15) is 0 Å². The van der Waals surface area contributed by atoms with Crippen LogP contribution in [0.5, 0.6) is 0 Å². The van der Waals surface area contributed by atoms with Crippen LogP contribution < -0.4 is 11.5 Å². The van der Waals surface area contributed by atoms with Gasteiger partial charge in [0.1, 0.15) is 5.60 Å². The Morgan fingerprint density at radius 2 is 2.05 bits per heavy atom. The highest BCUT2D eigenvalue weighted by atomic mass is 16.6. The lowest BCUT2D eigenvalue weighted by Crippen LogP contribution is -2.50. The van der Waals surface area contributed by atoms with Crippen molar-refractivity contribution in [2.45, 2.75) is 50.0 Å². The largest absolute Gasteiger partial charge is 0.356 e. The number of fused-ring (bicyclic) bond motifs is 1. The summed E-state index contributed by atoms with van der Waals surface area (Å²) in [7, 11) is 0. The SMILES string of the molecule is CCCCc1ccccc1C12C=CC(N)(N)CC1O2. The first-order chi connectivity index (χ1) is 9.07. The topological polar surface area (TPSA) is 64.6 Å². The zero-order chi connectivity index (χ0) is 13.5. The summed E-state index contributed by atoms with van der Waals surface area (Å²) in [6.07, 6.45) is 8.30. The van der Waals surface area contributed by atoms with Crippen LogP contribution in [0.15, 0.2) is 36.4 Å². The van der Waals surface area contributed by atoms with Crippen molar-refractivity contribution in [1.29, 1.82) is 0 Å². The molecule has 3 rings (SSSR count). The highest BCUT2D eigenvalue weighted by molar-refractivity contribution is 5.44. The molecule has 1 aliphatic carbocycles. The maximum absolute atomic E-state index is 5.96. The van der Waals surface area contributed by atoms with Crippen LogP contribution in [0.4, 0.5) is 0 Å². The third-order valence-corrected chi connectivity index (χ3v) is 4.18. The zero-order valence-corrected chi connectivity index (χ0v) is 11.4. The summed E-state index contributed by atoms with van der Waals surface area (Å²) in [5.41, 5.74) is 13.6. The number of aryl methyl sites for hydroxylation is 1. The minimum absolute atomic E-state index is 0.135. The van der Waals surface area contributed by atoms with Crippen molar-refractivity contribution >= 4 is 0 Å². The van der Waals surface area contributed by atoms with Crippen LogP contribution in [0.1, 0.15) is 37.3 Å². The second-order valence-electron chi connectivity index (χ2n) is 5.81. The lowest BCUT2D eigenvalue weighted by Gasteiger charge is -2.25. The summed E-state index contributed by atoms with van der Waals surface area (Å²) in [6, 6.07) is 8.57. The molecule has 1 aromatic carbocycles. The Balaban J connectivity index is 1.92. The molecule has 3 nitrogen and oxygen atoms in total. The van der Waals surface area contributed by atoms with Gasteiger partial charge in [0, 0.05) is 6.42 Å². The first kappa shape index (κ1) is 12.9. The molecule has 102 valence electrons. The Bertz CT molecular complexity index is 509. The lowest BCUT2D eigenvalue weighted by atomic mass is 9.82. The summed E-state index contributed by atoms with van der Waals surface area (Å²) < 4.78 is 5.96. The highest BCUT2D eigenvalue weighted by Gasteiger charge is 2.60. The van der Waals surface area contributed by atoms with Gasteiger partial charge in [-0.05, 0) is 30.0 Å². The van der Waals surface area contributed by atoms with E-state index in [0.29, 0.717) is 6.42 Å². The van der Waals surface area contributed by atoms with E-state index in [0.717, 1.165) is 6.42 Å². The molecule has 3 heteroatoms. The van der Waals surface area contributed by atoms with E-state index in [2.05, 4.69) is 37.3 Å². The quantitative estimate of drug-likeness (QED) is 0.494. The number of ether oxygens (including phenoxy) is 1. The van der Waals surface area contributed by atoms with Gasteiger partial charge in [-0.15, -0.1) is 0 Å². The van der Waals surface area contributed by atoms with Crippen molar-refractivity contribution < 1.29 is 4.74 Å². The van der Waals surface area contributed by atoms with Gasteiger partial charge in [0.2, 0.25) is 0 Å². The molecule has 4 N–H and O–H groups in total. The summed E-state index contributed by atoms with van der Waals surface area (Å²) in [5, 5.41) is 0. The van der Waals surface area contributed by atoms with Crippen molar-refractivity contribution in [3.63, 3.8) is 0 Å². The van der Waals surface area contributed by atoms with Crippen molar-refractivity contribution in [2.24, 2.45) is 11.5 Å². The Morgan fingerprint density at radius 3 is 2.79 bits per heavy atom. The highest BCUT2D eigenvalue weighted by Crippen LogP contribution is 2.53. The fourth-order valence-electron chi connectivity index (χ4n) is 3.02. The Hall–Kier alpha value is -1.16. The van der Waals surface area contributed by atoms with E-state index >= 15 is 0 Å². The van der Waals surface area contributed by atoms with Crippen molar-refractivity contribution in [2.75, 3.05) is 0 Å². The van der Waals surface area contributed by atoms with E-state index in [1.807, 2.05) is 6.08 Å². The van der Waals surface area contributed by atoms with Crippen LogP contribution >= 0.6 is 0 Å². The number of hydrogen-bond acceptors (Lipinski definition) is 3. The van der Waals surface area contributed by atoms with Gasteiger partial charge in [0.05, 0.1) is 11.8 Å². The predicted octanol–water partition coefficient (Wildman–Crippen LogP) is 2.20. The summed E-state index contributed by atoms with van der Waals surface area (Å²) in [4.78, 5) is 0. The monoisotopic (exact) mass is 258 g/mol. The van der Waals surface area contributed by atoms with E-state index in [1.54, 1.807) is 0 Å². The van der Waals surface area contributed by atoms with E-state index in [1.165, 1.54) is 24.0 Å². The number of hydrogen-bond donors (Lipinski definition) is 2. The second kappa shape index (κ2) is 4.44. The third kappa shape index (κ3) is 2.22. The lowest BCUT2D eigenvalue weighted by molar-refractivity contribution is 0.323. The van der Waals surface area contributed by atoms with Crippen LogP contribution in [-0.2, 0) is 16.8 Å². The third-order valence-electron chi connectivity index (χ3n) is 4.18. The molecule has 1 aliphatic heterocycles. The molecule has 2 unspecified atom stereocenters. The summed E-state index contributed by atoms with van der Waals surface area (Å²) in [5.74, 6) is 0. The van der Waals surface area contributed by atoms with Gasteiger partial charge < -0.3 is 16.2 Å². The molecule has 0 amide bonds. The smallest absolute Gasteiger partial charge is 0.138 e. The molecular formula is C16H22N2O. The van der Waals surface area contributed by atoms with Gasteiger partial charge in [-0.25, -0.2) is 0 Å². The second-order valence-corrected chi connectivity index (χ2v) is 5.81. The van der Waals surface area contributed by atoms with Gasteiger partial charge in [-0.1, -0.05) is 43.7 Å². The minimum Gasteiger partial charge on any atom is -0.356 e.